The summed E-state index contributed by atoms with van der Waals surface area (Å²) in [6.07, 6.45) is 25.9. The molecule has 0 aromatic heterocycles. The van der Waals surface area contributed by atoms with Gasteiger partial charge in [0.2, 0.25) is 0 Å². The number of rotatable bonds is 36. The molecular weight excluding hydrogens is 1680 g/mol. The molecule has 0 bridgehead atoms. The fourth-order valence-corrected chi connectivity index (χ4v) is 27.5. The van der Waals surface area contributed by atoms with E-state index in [1.54, 1.807) is 0 Å². The zero-order valence-electron chi connectivity index (χ0n) is 87.6. The van der Waals surface area contributed by atoms with E-state index >= 15 is 0 Å². The summed E-state index contributed by atoms with van der Waals surface area (Å²) >= 11 is 0. The van der Waals surface area contributed by atoms with E-state index in [4.69, 9.17) is 28.4 Å². The number of benzene rings is 25. The third kappa shape index (κ3) is 11.9. The van der Waals surface area contributed by atoms with E-state index in [9.17, 15) is 0 Å². The number of ether oxygens (including phenoxy) is 6. The molecule has 0 amide bonds. The molecule has 0 spiro atoms. The lowest BCUT2D eigenvalue weighted by atomic mass is 9.66. The molecule has 0 saturated heterocycles. The molecule has 25 rings (SSSR count). The molecule has 0 atom stereocenters. The highest BCUT2D eigenvalue weighted by Crippen LogP contribution is 2.74. The van der Waals surface area contributed by atoms with Crippen molar-refractivity contribution in [2.75, 3.05) is 39.6 Å². The second-order valence-electron chi connectivity index (χ2n) is 49.9. The summed E-state index contributed by atoms with van der Waals surface area (Å²) in [7, 11) is 0. The van der Waals surface area contributed by atoms with Crippen molar-refractivity contribution in [1.29, 1.82) is 0 Å². The lowest BCUT2D eigenvalue weighted by Crippen LogP contribution is -2.14. The van der Waals surface area contributed by atoms with Crippen molar-refractivity contribution in [3.8, 4) is 34.5 Å². The Balaban J connectivity index is 1.08. The van der Waals surface area contributed by atoms with Gasteiger partial charge < -0.3 is 28.4 Å². The van der Waals surface area contributed by atoms with Crippen LogP contribution in [0.4, 0.5) is 0 Å². The fraction of sp³-hybridized carbons (Fsp3) is 0.455. The standard InChI is InChI=1S/C132H144O6/c1-25-31-37-43-49-133-121-91-79-61-67(127(7,8)9)55-73-74-57-69(129(13,14)15)63-81-87(74)99-97(85(73)79)109-103(91)104-92(122(121)134-50-44-38-32-26-2)80-62-68(128(10,11)12)56-75-76-58-70(130(16,17)18)64-82-88(76)100-98(86(75)80)110(104)116-115(109)117-111(99)105-93(81)123(135-51-45-39-33-27-3)125(137-53-47-41-35-29-5)95-83-65-71(131(19,20)21)59-77-78-60-72(132(22,23)24)66-84-90(78)102-101(89(77)83)113(106(95)105)119(117)120-114(102)108-96(84)126(138-54-48-42-36-30-6)124(136-52-46-40-34-28-4)94(82)107(108)112(100)118(116)120/h55-66H,25-54H2,1-24H3. The minimum Gasteiger partial charge on any atom is -0.489 e. The molecule has 25 aromatic carbocycles. The molecular formula is C132H144O6. The quantitative estimate of drug-likeness (QED) is 0.0222. The van der Waals surface area contributed by atoms with Crippen LogP contribution in [0.15, 0.2) is 72.8 Å². The first kappa shape index (κ1) is 88.8. The Bertz CT molecular complexity index is 7620. The lowest BCUT2D eigenvalue weighted by molar-refractivity contribution is 0.264. The normalized spacial score (nSPS) is 14.1. The van der Waals surface area contributed by atoms with Crippen LogP contribution in [-0.4, -0.2) is 39.6 Å². The molecule has 0 saturated carbocycles. The van der Waals surface area contributed by atoms with Crippen molar-refractivity contribution < 1.29 is 28.4 Å². The molecule has 0 N–H and O–H groups in total. The highest BCUT2D eigenvalue weighted by Gasteiger charge is 2.46. The number of hydrogen-bond acceptors (Lipinski definition) is 6. The molecule has 0 aliphatic heterocycles. The van der Waals surface area contributed by atoms with Gasteiger partial charge in [0, 0.05) is 129 Å². The van der Waals surface area contributed by atoms with Crippen LogP contribution in [-0.2, 0) is 32.5 Å². The average Bonchev–Trinajstić information content (AvgIpc) is 0.611. The van der Waals surface area contributed by atoms with Gasteiger partial charge in [-0.15, -0.1) is 0 Å². The molecule has 0 heterocycles. The lowest BCUT2D eigenvalue weighted by Gasteiger charge is -2.37. The predicted octanol–water partition coefficient (Wildman–Crippen LogP) is 40.5. The first-order chi connectivity index (χ1) is 66.2. The van der Waals surface area contributed by atoms with Gasteiger partial charge in [0.15, 0.2) is 34.5 Å². The average molecular weight is 1830 g/mol. The van der Waals surface area contributed by atoms with Crippen LogP contribution in [0.5, 0.6) is 34.5 Å². The van der Waals surface area contributed by atoms with Crippen molar-refractivity contribution in [3.05, 3.63) is 106 Å². The highest BCUT2D eigenvalue weighted by atomic mass is 16.5. The van der Waals surface area contributed by atoms with E-state index in [0.29, 0.717) is 39.6 Å². The molecule has 0 fully saturated rings. The molecule has 0 unspecified atom stereocenters. The van der Waals surface area contributed by atoms with E-state index < -0.39 is 0 Å². The van der Waals surface area contributed by atoms with E-state index in [-0.39, 0.29) is 32.5 Å². The minimum atomic E-state index is -0.279. The van der Waals surface area contributed by atoms with Crippen LogP contribution in [0.1, 0.15) is 354 Å². The van der Waals surface area contributed by atoms with Crippen molar-refractivity contribution in [3.63, 3.8) is 0 Å². The Morgan fingerprint density at radius 3 is 0.355 bits per heavy atom. The maximum absolute atomic E-state index is 8.31. The van der Waals surface area contributed by atoms with Gasteiger partial charge in [0.05, 0.1) is 39.6 Å². The van der Waals surface area contributed by atoms with Crippen LogP contribution in [0, 0.1) is 0 Å². The molecule has 0 radical (unpaired) electrons. The van der Waals surface area contributed by atoms with Crippen LogP contribution < -0.4 is 28.4 Å². The zero-order chi connectivity index (χ0) is 95.6. The summed E-state index contributed by atoms with van der Waals surface area (Å²) in [5, 5.41) is 63.7. The summed E-state index contributed by atoms with van der Waals surface area (Å²) in [5.41, 5.74) is 6.24. The van der Waals surface area contributed by atoms with Gasteiger partial charge in [-0.1, -0.05) is 282 Å². The Hall–Kier alpha value is -10.6. The first-order valence-electron chi connectivity index (χ1n) is 54.6. The van der Waals surface area contributed by atoms with Crippen molar-refractivity contribution in [2.24, 2.45) is 0 Å². The van der Waals surface area contributed by atoms with Gasteiger partial charge in [-0.3, -0.25) is 0 Å². The maximum atomic E-state index is 8.31. The van der Waals surface area contributed by atoms with Crippen LogP contribution in [0.25, 0.3) is 259 Å². The highest BCUT2D eigenvalue weighted by molar-refractivity contribution is 6.72. The number of unbranched alkanes of at least 4 members (excludes halogenated alkanes) is 18. The van der Waals surface area contributed by atoms with Crippen molar-refractivity contribution in [2.45, 2.75) is 353 Å². The fourth-order valence-electron chi connectivity index (χ4n) is 27.5. The molecule has 6 nitrogen and oxygen atoms in total. The summed E-state index contributed by atoms with van der Waals surface area (Å²) < 4.78 is 49.9. The third-order valence-electron chi connectivity index (χ3n) is 34.5. The van der Waals surface area contributed by atoms with E-state index in [1.165, 1.54) is 292 Å². The van der Waals surface area contributed by atoms with Gasteiger partial charge >= 0.3 is 0 Å². The Morgan fingerprint density at radius 1 is 0.130 bits per heavy atom. The van der Waals surface area contributed by atoms with Gasteiger partial charge in [0.1, 0.15) is 0 Å². The molecule has 138 heavy (non-hydrogen) atoms. The van der Waals surface area contributed by atoms with Crippen LogP contribution in [0.3, 0.4) is 0 Å². The smallest absolute Gasteiger partial charge is 0.170 e. The van der Waals surface area contributed by atoms with Crippen molar-refractivity contribution >= 4 is 259 Å². The number of fused-ring (bicyclic) bond motifs is 9. The van der Waals surface area contributed by atoms with Crippen LogP contribution in [0.2, 0.25) is 0 Å². The molecule has 708 valence electrons. The Kier molecular flexibility index (Phi) is 19.9. The largest absolute Gasteiger partial charge is 0.489 e. The minimum absolute atomic E-state index is 0.279. The summed E-state index contributed by atoms with van der Waals surface area (Å²) in [6, 6.07) is 32.3. The molecule has 0 aliphatic carbocycles. The second-order valence-corrected chi connectivity index (χ2v) is 49.9. The monoisotopic (exact) mass is 1830 g/mol. The van der Waals surface area contributed by atoms with Crippen LogP contribution >= 0.6 is 0 Å². The second kappa shape index (κ2) is 31.0. The molecule has 25 aromatic rings. The predicted molar refractivity (Wildman–Crippen MR) is 604 cm³/mol. The van der Waals surface area contributed by atoms with Gasteiger partial charge in [-0.25, -0.2) is 0 Å². The summed E-state index contributed by atoms with van der Waals surface area (Å²) in [5.74, 6) is 5.51. The van der Waals surface area contributed by atoms with Gasteiger partial charge in [-0.2, -0.15) is 0 Å². The SMILES string of the molecule is CCCCCCOc1c(OCCCCCC)c2c3cc(C(C)(C)C)cc4c5cc(C(C)(C)C)cc6c7c(OCCCCCC)c(OCCCCCC)c8c9cc(C(C)(C)C)cc%10c%11cc(C(C)(C)C)cc%12c%13c(OCCCCCC)c(OCCCCCC)c%14c%15cc(C(C)(C)C)cc%16c%17cc(C(C)(C)C)cc%18c1c1c2c2c(c43)c(c56)c3c7c8c4c(c%109)c(c%11%12)c5c%13c%14c6c(c%16%15)c(c%17%18)c1c1c2c3c4c5c61. The maximum Gasteiger partial charge on any atom is 0.170 e. The summed E-state index contributed by atoms with van der Waals surface area (Å²) in [6.45, 7) is 61.9. The van der Waals surface area contributed by atoms with Crippen molar-refractivity contribution in [1.82, 2.24) is 0 Å². The topological polar surface area (TPSA) is 55.4 Å². The van der Waals surface area contributed by atoms with E-state index in [1.807, 2.05) is 0 Å². The van der Waals surface area contributed by atoms with Gasteiger partial charge in [-0.05, 0) is 306 Å². The van der Waals surface area contributed by atoms with E-state index in [2.05, 4.69) is 239 Å². The van der Waals surface area contributed by atoms with E-state index in [0.717, 1.165) is 189 Å². The first-order valence-corrected chi connectivity index (χ1v) is 54.6. The Morgan fingerprint density at radius 2 is 0.239 bits per heavy atom. The molecule has 6 heteroatoms. The number of hydrogen-bond donors (Lipinski definition) is 0. The third-order valence-corrected chi connectivity index (χ3v) is 34.5. The Labute approximate surface area is 814 Å². The zero-order valence-corrected chi connectivity index (χ0v) is 87.6. The summed E-state index contributed by atoms with van der Waals surface area (Å²) in [4.78, 5) is 0. The van der Waals surface area contributed by atoms with Gasteiger partial charge in [0.25, 0.3) is 0 Å². The molecule has 0 aliphatic rings.